The number of aromatic nitrogens is 1. The number of pyridine rings is 1. The summed E-state index contributed by atoms with van der Waals surface area (Å²) in [5.74, 6) is 3.12. The average Bonchev–Trinajstić information content (AvgIpc) is 3.46. The van der Waals surface area contributed by atoms with Crippen LogP contribution >= 0.6 is 0 Å². The smallest absolute Gasteiger partial charge is 0.235 e. The van der Waals surface area contributed by atoms with E-state index in [4.69, 9.17) is 9.47 Å². The molecule has 2 aromatic carbocycles. The summed E-state index contributed by atoms with van der Waals surface area (Å²) in [5, 5.41) is 7.90. The second-order valence-electron chi connectivity index (χ2n) is 10.7. The molecule has 0 radical (unpaired) electrons. The normalized spacial score (nSPS) is 32.2. The largest absolute Gasteiger partial charge is 0.497 e. The number of nitrogens with zero attached hydrogens (tertiary/aromatic N) is 1. The molecule has 4 aliphatic rings. The van der Waals surface area contributed by atoms with Gasteiger partial charge < -0.3 is 20.1 Å². The number of hydrazine groups is 1. The van der Waals surface area contributed by atoms with Crippen LogP contribution in [0.5, 0.6) is 11.5 Å². The highest BCUT2D eigenvalue weighted by Gasteiger charge is 2.67. The maximum atomic E-state index is 13.1. The molecule has 8 nitrogen and oxygen atoms in total. The molecule has 3 fully saturated rings. The van der Waals surface area contributed by atoms with Gasteiger partial charge in [-0.1, -0.05) is 6.07 Å². The molecule has 7 rings (SSSR count). The Kier molecular flexibility index (Phi) is 4.91. The Labute approximate surface area is 210 Å². The van der Waals surface area contributed by atoms with E-state index in [0.29, 0.717) is 23.8 Å². The fraction of sp³-hybridized carbons (Fsp3) is 0.429. The van der Waals surface area contributed by atoms with Crippen LogP contribution in [0.25, 0.3) is 10.9 Å². The zero-order valence-electron chi connectivity index (χ0n) is 20.5. The third kappa shape index (κ3) is 3.21. The summed E-state index contributed by atoms with van der Waals surface area (Å²) >= 11 is 0. The average molecular weight is 486 g/mol. The lowest BCUT2D eigenvalue weighted by Crippen LogP contribution is -2.39. The highest BCUT2D eigenvalue weighted by Crippen LogP contribution is 2.65. The number of anilines is 2. The lowest BCUT2D eigenvalue weighted by molar-refractivity contribution is -0.118. The van der Waals surface area contributed by atoms with E-state index in [1.54, 1.807) is 20.4 Å². The maximum Gasteiger partial charge on any atom is 0.235 e. The van der Waals surface area contributed by atoms with E-state index in [2.05, 4.69) is 44.7 Å². The predicted molar refractivity (Wildman–Crippen MR) is 138 cm³/mol. The number of carbonyl (C=O) groups excluding carboxylic acids is 1. The topological polar surface area (TPSA) is 96.5 Å². The molecule has 1 amide bonds. The predicted octanol–water partition coefficient (Wildman–Crippen LogP) is 3.79. The van der Waals surface area contributed by atoms with Crippen molar-refractivity contribution in [3.63, 3.8) is 0 Å². The number of methoxy groups -OCH3 is 2. The van der Waals surface area contributed by atoms with Crippen molar-refractivity contribution in [2.45, 2.75) is 43.3 Å². The number of nitrogens with one attached hydrogen (secondary N) is 4. The fourth-order valence-electron chi connectivity index (χ4n) is 7.07. The van der Waals surface area contributed by atoms with Crippen LogP contribution in [0.3, 0.4) is 0 Å². The number of ether oxygens (including phenoxy) is 2. The molecule has 4 unspecified atom stereocenters. The van der Waals surface area contributed by atoms with Gasteiger partial charge in [-0.2, -0.15) is 0 Å². The number of fused-ring (bicyclic) bond motifs is 4. The molecule has 3 heterocycles. The van der Waals surface area contributed by atoms with Crippen molar-refractivity contribution in [1.82, 2.24) is 15.8 Å². The van der Waals surface area contributed by atoms with E-state index in [1.165, 1.54) is 0 Å². The van der Waals surface area contributed by atoms with Gasteiger partial charge in [0.25, 0.3) is 0 Å². The summed E-state index contributed by atoms with van der Waals surface area (Å²) < 4.78 is 11.1. The van der Waals surface area contributed by atoms with Crippen molar-refractivity contribution in [2.24, 2.45) is 17.8 Å². The third-order valence-corrected chi connectivity index (χ3v) is 8.98. The van der Waals surface area contributed by atoms with Gasteiger partial charge in [-0.15, -0.1) is 0 Å². The Morgan fingerprint density at radius 3 is 2.86 bits per heavy atom. The second-order valence-corrected chi connectivity index (χ2v) is 10.7. The van der Waals surface area contributed by atoms with Crippen LogP contribution < -0.4 is 31.0 Å². The van der Waals surface area contributed by atoms with Crippen LogP contribution in [0, 0.1) is 17.8 Å². The fourth-order valence-corrected chi connectivity index (χ4v) is 7.07. The molecular formula is C28H31N5O3. The molecule has 8 heteroatoms. The minimum Gasteiger partial charge on any atom is -0.497 e. The minimum atomic E-state index is -0.377. The summed E-state index contributed by atoms with van der Waals surface area (Å²) in [6.07, 6.45) is 6.12. The Bertz CT molecular complexity index is 1360. The molecule has 36 heavy (non-hydrogen) atoms. The number of hydrogen-bond donors (Lipinski definition) is 4. The molecule has 1 aromatic heterocycles. The summed E-state index contributed by atoms with van der Waals surface area (Å²) in [6, 6.07) is 14.4. The first-order valence-corrected chi connectivity index (χ1v) is 12.8. The van der Waals surface area contributed by atoms with Crippen LogP contribution in [0.15, 0.2) is 48.7 Å². The zero-order valence-corrected chi connectivity index (χ0v) is 20.5. The van der Waals surface area contributed by atoms with E-state index in [9.17, 15) is 4.79 Å². The van der Waals surface area contributed by atoms with Gasteiger partial charge in [0.15, 0.2) is 0 Å². The number of rotatable bonds is 5. The lowest BCUT2D eigenvalue weighted by Gasteiger charge is -2.34. The SMILES string of the molecule is COc1ccc2c(c1)[C@]1(C[C@H]1C1CCC3C(C1)NNC3Nc1cc3cccnc3cc1OC)C(=O)N2. The van der Waals surface area contributed by atoms with Crippen molar-refractivity contribution in [2.75, 3.05) is 24.9 Å². The Morgan fingerprint density at radius 2 is 2.00 bits per heavy atom. The van der Waals surface area contributed by atoms with Crippen molar-refractivity contribution < 1.29 is 14.3 Å². The molecule has 6 atom stereocenters. The van der Waals surface area contributed by atoms with Gasteiger partial charge in [0, 0.05) is 35.3 Å². The summed E-state index contributed by atoms with van der Waals surface area (Å²) in [7, 11) is 3.37. The molecular weight excluding hydrogens is 454 g/mol. The Balaban J connectivity index is 1.07. The Morgan fingerprint density at radius 1 is 1.08 bits per heavy atom. The highest BCUT2D eigenvalue weighted by atomic mass is 16.5. The van der Waals surface area contributed by atoms with E-state index < -0.39 is 0 Å². The first-order chi connectivity index (χ1) is 17.6. The van der Waals surface area contributed by atoms with Gasteiger partial charge in [-0.25, -0.2) is 5.43 Å². The second kappa shape index (κ2) is 8.08. The molecule has 186 valence electrons. The molecule has 3 aromatic rings. The lowest BCUT2D eigenvalue weighted by atomic mass is 9.74. The van der Waals surface area contributed by atoms with E-state index >= 15 is 0 Å². The standard InChI is InChI=1S/C28H31N5O3/c1-35-17-6-8-21-19(12-17)28(27(34)31-21)14-20(28)15-5-7-18-23(10-15)32-33-26(18)30-24-11-16-4-3-9-29-22(16)13-25(24)36-2/h3-4,6,8-9,11-13,15,18,20,23,26,30,32-33H,5,7,10,14H2,1-2H3,(H,31,34)/t15?,18?,20-,23?,26?,28-/m0/s1. The number of carbonyl (C=O) groups is 1. The molecule has 1 saturated heterocycles. The highest BCUT2D eigenvalue weighted by molar-refractivity contribution is 6.09. The van der Waals surface area contributed by atoms with Crippen molar-refractivity contribution in [3.8, 4) is 11.5 Å². The summed E-state index contributed by atoms with van der Waals surface area (Å²) in [5.41, 5.74) is 10.6. The van der Waals surface area contributed by atoms with Gasteiger partial charge in [0.2, 0.25) is 5.91 Å². The third-order valence-electron chi connectivity index (χ3n) is 8.98. The number of hydrogen-bond acceptors (Lipinski definition) is 7. The van der Waals surface area contributed by atoms with Crippen molar-refractivity contribution in [1.29, 1.82) is 0 Å². The zero-order chi connectivity index (χ0) is 24.4. The molecule has 2 aliphatic heterocycles. The minimum absolute atomic E-state index is 0.104. The van der Waals surface area contributed by atoms with Gasteiger partial charge in [0.1, 0.15) is 11.5 Å². The van der Waals surface area contributed by atoms with Crippen LogP contribution in [-0.4, -0.2) is 37.3 Å². The van der Waals surface area contributed by atoms with Crippen LogP contribution in [-0.2, 0) is 10.2 Å². The van der Waals surface area contributed by atoms with Crippen LogP contribution in [0.4, 0.5) is 11.4 Å². The van der Waals surface area contributed by atoms with Crippen molar-refractivity contribution in [3.05, 3.63) is 54.2 Å². The Hall–Kier alpha value is -3.36. The first-order valence-electron chi connectivity index (χ1n) is 12.8. The van der Waals surface area contributed by atoms with Crippen molar-refractivity contribution >= 4 is 28.2 Å². The number of benzene rings is 2. The first kappa shape index (κ1) is 21.9. The van der Waals surface area contributed by atoms with Gasteiger partial charge in [-0.05, 0) is 73.4 Å². The van der Waals surface area contributed by atoms with Gasteiger partial charge in [0.05, 0.1) is 37.0 Å². The summed E-state index contributed by atoms with van der Waals surface area (Å²) in [6.45, 7) is 0. The molecule has 2 saturated carbocycles. The van der Waals surface area contributed by atoms with E-state index in [-0.39, 0.29) is 17.5 Å². The van der Waals surface area contributed by atoms with Gasteiger partial charge >= 0.3 is 0 Å². The van der Waals surface area contributed by atoms with Crippen LogP contribution in [0.1, 0.15) is 31.2 Å². The monoisotopic (exact) mass is 485 g/mol. The summed E-state index contributed by atoms with van der Waals surface area (Å²) in [4.78, 5) is 17.5. The molecule has 2 aliphatic carbocycles. The van der Waals surface area contributed by atoms with Crippen LogP contribution in [0.2, 0.25) is 0 Å². The van der Waals surface area contributed by atoms with Gasteiger partial charge in [-0.3, -0.25) is 15.2 Å². The van der Waals surface area contributed by atoms with E-state index in [1.807, 2.05) is 24.3 Å². The quantitative estimate of drug-likeness (QED) is 0.437. The number of amides is 1. The molecule has 4 N–H and O–H groups in total. The maximum absolute atomic E-state index is 13.1. The van der Waals surface area contributed by atoms with E-state index in [0.717, 1.165) is 65.0 Å². The molecule has 0 bridgehead atoms. The molecule has 1 spiro atoms.